The number of likely N-dealkylation sites (tertiary alicyclic amines) is 1. The van der Waals surface area contributed by atoms with E-state index >= 15 is 0 Å². The zero-order valence-electron chi connectivity index (χ0n) is 16.2. The van der Waals surface area contributed by atoms with Gasteiger partial charge in [0.1, 0.15) is 5.78 Å². The maximum atomic E-state index is 13.2. The van der Waals surface area contributed by atoms with E-state index < -0.39 is 5.92 Å². The third-order valence-electron chi connectivity index (χ3n) is 6.64. The SMILES string of the molecule is CC1CCN(CCC2CC(=O)C(C)C3=C2C(=O)c2ccccc2C3=O)CC1. The van der Waals surface area contributed by atoms with Crippen LogP contribution in [0.25, 0.3) is 0 Å². The largest absolute Gasteiger partial charge is 0.303 e. The predicted octanol–water partition coefficient (Wildman–Crippen LogP) is 3.71. The van der Waals surface area contributed by atoms with Gasteiger partial charge in [-0.3, -0.25) is 14.4 Å². The number of carbonyl (C=O) groups excluding carboxylic acids is 3. The number of ketones is 3. The van der Waals surface area contributed by atoms with Crippen LogP contribution in [0.2, 0.25) is 0 Å². The first-order valence-corrected chi connectivity index (χ1v) is 10.1. The molecule has 1 heterocycles. The number of allylic oxidation sites excluding steroid dienone is 2. The van der Waals surface area contributed by atoms with Gasteiger partial charge in [0.15, 0.2) is 11.6 Å². The normalized spacial score (nSPS) is 27.0. The van der Waals surface area contributed by atoms with E-state index in [1.165, 1.54) is 12.8 Å². The summed E-state index contributed by atoms with van der Waals surface area (Å²) in [4.78, 5) is 41.3. The van der Waals surface area contributed by atoms with Gasteiger partial charge in [0, 0.05) is 34.6 Å². The van der Waals surface area contributed by atoms with Gasteiger partial charge in [-0.15, -0.1) is 0 Å². The molecular formula is C23H27NO3. The van der Waals surface area contributed by atoms with Crippen LogP contribution in [-0.2, 0) is 4.79 Å². The van der Waals surface area contributed by atoms with Crippen molar-refractivity contribution in [2.45, 2.75) is 39.5 Å². The van der Waals surface area contributed by atoms with Crippen molar-refractivity contribution in [3.05, 3.63) is 46.5 Å². The Hall–Kier alpha value is -2.07. The number of hydrogen-bond donors (Lipinski definition) is 0. The molecule has 1 aromatic carbocycles. The van der Waals surface area contributed by atoms with E-state index in [0.29, 0.717) is 28.7 Å². The fraction of sp³-hybridized carbons (Fsp3) is 0.522. The molecular weight excluding hydrogens is 338 g/mol. The van der Waals surface area contributed by atoms with Crippen molar-refractivity contribution in [2.75, 3.05) is 19.6 Å². The van der Waals surface area contributed by atoms with Gasteiger partial charge in [0.05, 0.1) is 0 Å². The van der Waals surface area contributed by atoms with Crippen molar-refractivity contribution < 1.29 is 14.4 Å². The average Bonchev–Trinajstić information content (AvgIpc) is 2.68. The zero-order chi connectivity index (χ0) is 19.1. The van der Waals surface area contributed by atoms with Gasteiger partial charge >= 0.3 is 0 Å². The predicted molar refractivity (Wildman–Crippen MR) is 104 cm³/mol. The van der Waals surface area contributed by atoms with Gasteiger partial charge in [0.2, 0.25) is 0 Å². The highest BCUT2D eigenvalue weighted by Gasteiger charge is 2.43. The van der Waals surface area contributed by atoms with Crippen LogP contribution in [0.5, 0.6) is 0 Å². The minimum Gasteiger partial charge on any atom is -0.303 e. The zero-order valence-corrected chi connectivity index (χ0v) is 16.2. The van der Waals surface area contributed by atoms with E-state index in [9.17, 15) is 14.4 Å². The summed E-state index contributed by atoms with van der Waals surface area (Å²) in [5.41, 5.74) is 2.04. The van der Waals surface area contributed by atoms with E-state index in [0.717, 1.165) is 32.0 Å². The van der Waals surface area contributed by atoms with E-state index in [1.807, 2.05) is 0 Å². The first kappa shape index (κ1) is 18.3. The third kappa shape index (κ3) is 3.20. The lowest BCUT2D eigenvalue weighted by Crippen LogP contribution is -2.39. The molecule has 4 rings (SSSR count). The molecule has 1 fully saturated rings. The number of benzene rings is 1. The van der Waals surface area contributed by atoms with Crippen LogP contribution in [-0.4, -0.2) is 41.9 Å². The van der Waals surface area contributed by atoms with Crippen molar-refractivity contribution in [2.24, 2.45) is 17.8 Å². The molecule has 142 valence electrons. The summed E-state index contributed by atoms with van der Waals surface area (Å²) in [6.45, 7) is 7.12. The Bertz CT molecular complexity index is 830. The maximum absolute atomic E-state index is 13.2. The standard InChI is InChI=1S/C23H27NO3/c1-14-7-10-24(11-8-14)12-9-16-13-19(25)15(2)20-21(16)23(27)18-6-4-3-5-17(18)22(20)26/h3-6,14-16H,7-13H2,1-2H3. The van der Waals surface area contributed by atoms with Crippen LogP contribution in [0.3, 0.4) is 0 Å². The number of nitrogens with zero attached hydrogens (tertiary/aromatic N) is 1. The second-order valence-corrected chi connectivity index (χ2v) is 8.43. The highest BCUT2D eigenvalue weighted by Crippen LogP contribution is 2.41. The molecule has 3 aliphatic rings. The molecule has 4 nitrogen and oxygen atoms in total. The van der Waals surface area contributed by atoms with E-state index in [2.05, 4.69) is 11.8 Å². The monoisotopic (exact) mass is 365 g/mol. The number of piperidine rings is 1. The van der Waals surface area contributed by atoms with Gasteiger partial charge in [-0.1, -0.05) is 38.1 Å². The summed E-state index contributed by atoms with van der Waals surface area (Å²) < 4.78 is 0. The first-order valence-electron chi connectivity index (χ1n) is 10.1. The number of carbonyl (C=O) groups is 3. The Kier molecular flexibility index (Phi) is 4.85. The summed E-state index contributed by atoms with van der Waals surface area (Å²) in [5.74, 6) is 0.0902. The lowest BCUT2D eigenvalue weighted by molar-refractivity contribution is -0.122. The minimum atomic E-state index is -0.475. The molecule has 1 saturated heterocycles. The lowest BCUT2D eigenvalue weighted by Gasteiger charge is -2.36. The topological polar surface area (TPSA) is 54.5 Å². The highest BCUT2D eigenvalue weighted by molar-refractivity contribution is 6.29. The molecule has 27 heavy (non-hydrogen) atoms. The van der Waals surface area contributed by atoms with Crippen LogP contribution in [0.4, 0.5) is 0 Å². The fourth-order valence-electron chi connectivity index (χ4n) is 4.80. The van der Waals surface area contributed by atoms with Gasteiger partial charge in [-0.2, -0.15) is 0 Å². The van der Waals surface area contributed by atoms with Crippen molar-refractivity contribution in [1.82, 2.24) is 4.90 Å². The van der Waals surface area contributed by atoms with Gasteiger partial charge in [0.25, 0.3) is 0 Å². The van der Waals surface area contributed by atoms with Crippen LogP contribution >= 0.6 is 0 Å². The van der Waals surface area contributed by atoms with Gasteiger partial charge < -0.3 is 4.90 Å². The van der Waals surface area contributed by atoms with Crippen molar-refractivity contribution in [1.29, 1.82) is 0 Å². The second-order valence-electron chi connectivity index (χ2n) is 8.43. The molecule has 0 radical (unpaired) electrons. The van der Waals surface area contributed by atoms with Crippen LogP contribution in [0.15, 0.2) is 35.4 Å². The van der Waals surface area contributed by atoms with Crippen LogP contribution in [0.1, 0.15) is 60.2 Å². The Morgan fingerprint density at radius 3 is 2.15 bits per heavy atom. The molecule has 0 amide bonds. The quantitative estimate of drug-likeness (QED) is 0.819. The summed E-state index contributed by atoms with van der Waals surface area (Å²) in [7, 11) is 0. The summed E-state index contributed by atoms with van der Waals surface area (Å²) in [6.07, 6.45) is 3.57. The molecule has 0 spiro atoms. The number of hydrogen-bond acceptors (Lipinski definition) is 4. The molecule has 2 unspecified atom stereocenters. The van der Waals surface area contributed by atoms with E-state index in [1.54, 1.807) is 31.2 Å². The number of Topliss-reactive ketones (excluding diaryl/α,β-unsaturated/α-hetero) is 3. The van der Waals surface area contributed by atoms with Crippen LogP contribution in [0, 0.1) is 17.8 Å². The van der Waals surface area contributed by atoms with Crippen molar-refractivity contribution in [3.63, 3.8) is 0 Å². The molecule has 1 aromatic rings. The number of rotatable bonds is 3. The van der Waals surface area contributed by atoms with Crippen molar-refractivity contribution >= 4 is 17.3 Å². The molecule has 4 heteroatoms. The van der Waals surface area contributed by atoms with Crippen LogP contribution < -0.4 is 0 Å². The Morgan fingerprint density at radius 1 is 0.926 bits per heavy atom. The maximum Gasteiger partial charge on any atom is 0.190 e. The Balaban J connectivity index is 1.62. The van der Waals surface area contributed by atoms with E-state index in [-0.39, 0.29) is 23.3 Å². The lowest BCUT2D eigenvalue weighted by atomic mass is 9.67. The first-order chi connectivity index (χ1) is 13.0. The molecule has 0 aromatic heterocycles. The second kappa shape index (κ2) is 7.16. The minimum absolute atomic E-state index is 0.0446. The summed E-state index contributed by atoms with van der Waals surface area (Å²) >= 11 is 0. The highest BCUT2D eigenvalue weighted by atomic mass is 16.1. The summed E-state index contributed by atoms with van der Waals surface area (Å²) in [6, 6.07) is 7.02. The van der Waals surface area contributed by atoms with E-state index in [4.69, 9.17) is 0 Å². The Labute approximate surface area is 160 Å². The van der Waals surface area contributed by atoms with Gasteiger partial charge in [-0.25, -0.2) is 0 Å². The third-order valence-corrected chi connectivity index (χ3v) is 6.64. The molecule has 2 aliphatic carbocycles. The molecule has 2 atom stereocenters. The summed E-state index contributed by atoms with van der Waals surface area (Å²) in [5, 5.41) is 0. The molecule has 0 N–H and O–H groups in total. The molecule has 0 bridgehead atoms. The molecule has 0 saturated carbocycles. The van der Waals surface area contributed by atoms with Gasteiger partial charge in [-0.05, 0) is 50.7 Å². The Morgan fingerprint density at radius 2 is 1.52 bits per heavy atom. The average molecular weight is 365 g/mol. The fourth-order valence-corrected chi connectivity index (χ4v) is 4.80. The molecule has 1 aliphatic heterocycles. The number of fused-ring (bicyclic) bond motifs is 1. The van der Waals surface area contributed by atoms with Crippen molar-refractivity contribution in [3.8, 4) is 0 Å². The smallest absolute Gasteiger partial charge is 0.190 e.